The second kappa shape index (κ2) is 16.0. The number of nitrogens with zero attached hydrogens (tertiary/aromatic N) is 3. The quantitative estimate of drug-likeness (QED) is 0.126. The number of aliphatic carboxylic acids is 1. The summed E-state index contributed by atoms with van der Waals surface area (Å²) < 4.78 is 33.0. The number of benzene rings is 3. The van der Waals surface area contributed by atoms with E-state index in [4.69, 9.17) is 9.90 Å². The normalized spacial score (nSPS) is 11.9. The molecule has 2 heterocycles. The van der Waals surface area contributed by atoms with Gasteiger partial charge in [-0.25, -0.2) is 14.5 Å². The molecule has 0 aliphatic heterocycles. The smallest absolute Gasteiger partial charge is 0.475 e. The summed E-state index contributed by atoms with van der Waals surface area (Å²) in [5.74, 6) is -2.15. The molecule has 10 nitrogen and oxygen atoms in total. The van der Waals surface area contributed by atoms with E-state index in [1.54, 1.807) is 12.3 Å². The number of alkyl halides is 3. The highest BCUT2D eigenvalue weighted by atomic mass is 19.4. The Labute approximate surface area is 274 Å². The van der Waals surface area contributed by atoms with Crippen LogP contribution in [-0.2, 0) is 20.9 Å². The van der Waals surface area contributed by atoms with Crippen molar-refractivity contribution in [2.24, 2.45) is 0 Å². The number of aryl methyl sites for hydroxylation is 1. The van der Waals surface area contributed by atoms with E-state index in [9.17, 15) is 27.6 Å². The van der Waals surface area contributed by atoms with Crippen LogP contribution in [0, 0.1) is 6.92 Å². The Kier molecular flexibility index (Phi) is 11.8. The lowest BCUT2D eigenvalue weighted by Crippen LogP contribution is -2.36. The summed E-state index contributed by atoms with van der Waals surface area (Å²) >= 11 is 0. The predicted molar refractivity (Wildman–Crippen MR) is 175 cm³/mol. The van der Waals surface area contributed by atoms with Gasteiger partial charge in [0.25, 0.3) is 5.56 Å². The molecule has 0 saturated carbocycles. The Morgan fingerprint density at radius 3 is 2.31 bits per heavy atom. The zero-order valence-corrected chi connectivity index (χ0v) is 26.5. The molecule has 5 aromatic rings. The van der Waals surface area contributed by atoms with Gasteiger partial charge >= 0.3 is 12.1 Å². The summed E-state index contributed by atoms with van der Waals surface area (Å²) in [6, 6.07) is 21.3. The number of imidazole rings is 1. The van der Waals surface area contributed by atoms with Crippen LogP contribution < -0.4 is 10.9 Å². The first-order chi connectivity index (χ1) is 22.9. The van der Waals surface area contributed by atoms with Crippen LogP contribution in [0.25, 0.3) is 32.8 Å². The molecule has 3 aromatic carbocycles. The number of aromatic nitrogens is 4. The number of hydrogen-bond acceptors (Lipinski definition) is 6. The van der Waals surface area contributed by atoms with Crippen LogP contribution >= 0.6 is 0 Å². The number of H-pyrrole nitrogens is 1. The number of unbranched alkanes of at least 4 members (excludes halogenated alkanes) is 2. The SMILES string of the molecule is CCC(=O)CCCCC[C@H](NC(=O)Cn1nc(C)c2ccccc2c1=O)c1ncc(-c2ccc3ccccc3c2)[nH]1.O=C(O)C(F)(F)F. The minimum atomic E-state index is -5.08. The number of rotatable bonds is 12. The summed E-state index contributed by atoms with van der Waals surface area (Å²) in [6.07, 6.45) is 1.01. The maximum absolute atomic E-state index is 13.2. The monoisotopic (exact) mass is 663 g/mol. The van der Waals surface area contributed by atoms with Crippen molar-refractivity contribution in [1.82, 2.24) is 25.1 Å². The molecular weight excluding hydrogens is 627 g/mol. The molecule has 0 aliphatic rings. The molecule has 0 radical (unpaired) electrons. The van der Waals surface area contributed by atoms with E-state index in [2.05, 4.69) is 50.7 Å². The number of ketones is 1. The molecule has 0 unspecified atom stereocenters. The third kappa shape index (κ3) is 9.36. The van der Waals surface area contributed by atoms with Crippen LogP contribution in [0.4, 0.5) is 13.2 Å². The first kappa shape index (κ1) is 35.5. The Morgan fingerprint density at radius 2 is 1.62 bits per heavy atom. The van der Waals surface area contributed by atoms with Crippen molar-refractivity contribution in [3.8, 4) is 11.3 Å². The van der Waals surface area contributed by atoms with Crippen LogP contribution in [0.15, 0.2) is 77.7 Å². The number of carbonyl (C=O) groups is 3. The van der Waals surface area contributed by atoms with Crippen molar-refractivity contribution in [3.63, 3.8) is 0 Å². The van der Waals surface area contributed by atoms with E-state index in [0.717, 1.165) is 46.7 Å². The molecule has 0 spiro atoms. The lowest BCUT2D eigenvalue weighted by molar-refractivity contribution is -0.192. The van der Waals surface area contributed by atoms with Crippen LogP contribution in [-0.4, -0.2) is 48.7 Å². The minimum absolute atomic E-state index is 0.190. The van der Waals surface area contributed by atoms with Gasteiger partial charge in [0.15, 0.2) is 0 Å². The predicted octanol–water partition coefficient (Wildman–Crippen LogP) is 6.67. The van der Waals surface area contributed by atoms with Gasteiger partial charge in [0.2, 0.25) is 5.91 Å². The van der Waals surface area contributed by atoms with Gasteiger partial charge in [-0.3, -0.25) is 14.4 Å². The van der Waals surface area contributed by atoms with E-state index < -0.39 is 12.1 Å². The molecule has 0 fully saturated rings. The Hall–Kier alpha value is -5.33. The third-order valence-corrected chi connectivity index (χ3v) is 7.75. The van der Waals surface area contributed by atoms with Gasteiger partial charge in [0.1, 0.15) is 18.2 Å². The summed E-state index contributed by atoms with van der Waals surface area (Å²) in [5.41, 5.74) is 2.27. The van der Waals surface area contributed by atoms with E-state index in [1.807, 2.05) is 44.2 Å². The number of Topliss-reactive ketones (excluding diaryl/α,β-unsaturated/α-hetero) is 1. The molecule has 2 aromatic heterocycles. The lowest BCUT2D eigenvalue weighted by atomic mass is 10.0. The van der Waals surface area contributed by atoms with E-state index in [-0.39, 0.29) is 29.8 Å². The number of fused-ring (bicyclic) bond motifs is 2. The number of aromatic amines is 1. The first-order valence-electron chi connectivity index (χ1n) is 15.5. The number of carboxylic acid groups (broad SMARTS) is 1. The molecule has 1 amide bonds. The fourth-order valence-electron chi connectivity index (χ4n) is 5.21. The van der Waals surface area contributed by atoms with Gasteiger partial charge in [-0.1, -0.05) is 74.4 Å². The maximum Gasteiger partial charge on any atom is 0.490 e. The van der Waals surface area contributed by atoms with Crippen molar-refractivity contribution in [2.45, 2.75) is 71.1 Å². The minimum Gasteiger partial charge on any atom is -0.475 e. The first-order valence-corrected chi connectivity index (χ1v) is 15.5. The molecule has 0 saturated heterocycles. The zero-order chi connectivity index (χ0) is 34.8. The van der Waals surface area contributed by atoms with E-state index in [0.29, 0.717) is 36.2 Å². The van der Waals surface area contributed by atoms with Gasteiger partial charge in [0.05, 0.1) is 29.0 Å². The van der Waals surface area contributed by atoms with Gasteiger partial charge in [0, 0.05) is 23.8 Å². The van der Waals surface area contributed by atoms with Crippen molar-refractivity contribution >= 4 is 39.2 Å². The van der Waals surface area contributed by atoms with E-state index >= 15 is 0 Å². The number of nitrogens with one attached hydrogen (secondary N) is 2. The molecule has 48 heavy (non-hydrogen) atoms. The largest absolute Gasteiger partial charge is 0.490 e. The number of hydrogen-bond donors (Lipinski definition) is 3. The summed E-state index contributed by atoms with van der Waals surface area (Å²) in [6.45, 7) is 3.53. The third-order valence-electron chi connectivity index (χ3n) is 7.75. The Bertz CT molecular complexity index is 1970. The summed E-state index contributed by atoms with van der Waals surface area (Å²) in [5, 5.41) is 18.2. The zero-order valence-electron chi connectivity index (χ0n) is 26.5. The number of halogens is 3. The number of amides is 1. The molecule has 252 valence electrons. The van der Waals surface area contributed by atoms with Crippen molar-refractivity contribution in [2.75, 3.05) is 0 Å². The molecule has 5 rings (SSSR count). The van der Waals surface area contributed by atoms with Crippen LogP contribution in [0.3, 0.4) is 0 Å². The van der Waals surface area contributed by atoms with Crippen LogP contribution in [0.1, 0.15) is 63.0 Å². The van der Waals surface area contributed by atoms with Gasteiger partial charge in [-0.2, -0.15) is 18.3 Å². The van der Waals surface area contributed by atoms with Crippen LogP contribution in [0.5, 0.6) is 0 Å². The number of carboxylic acids is 1. The fraction of sp³-hybridized carbons (Fsp3) is 0.314. The second-order valence-electron chi connectivity index (χ2n) is 11.3. The second-order valence-corrected chi connectivity index (χ2v) is 11.3. The van der Waals surface area contributed by atoms with Gasteiger partial charge in [-0.05, 0) is 42.7 Å². The number of carbonyl (C=O) groups excluding carboxylic acids is 2. The highest BCUT2D eigenvalue weighted by molar-refractivity contribution is 5.87. The molecule has 0 bridgehead atoms. The van der Waals surface area contributed by atoms with Crippen LogP contribution in [0.2, 0.25) is 0 Å². The van der Waals surface area contributed by atoms with Crippen molar-refractivity contribution < 1.29 is 32.7 Å². The average Bonchev–Trinajstić information content (AvgIpc) is 3.56. The highest BCUT2D eigenvalue weighted by Gasteiger charge is 2.38. The summed E-state index contributed by atoms with van der Waals surface area (Å²) in [7, 11) is 0. The van der Waals surface area contributed by atoms with Gasteiger partial charge < -0.3 is 15.4 Å². The standard InChI is InChI=1S/C33H35N5O3.C2HF3O2/c1-3-26(39)13-5-4-6-16-29(32-34-20-30(36-32)25-18-17-23-11-7-8-12-24(23)19-25)35-31(40)21-38-33(41)28-15-10-9-14-27(28)22(2)37-38;3-2(4,5)1(6)7/h7-12,14-15,17-20,29H,3-6,13,16,21H2,1-2H3,(H,34,36)(H,35,40);(H,6,7)/t29-;/m0./s1. The Morgan fingerprint density at radius 1 is 0.958 bits per heavy atom. The topological polar surface area (TPSA) is 147 Å². The molecule has 0 aliphatic carbocycles. The highest BCUT2D eigenvalue weighted by Crippen LogP contribution is 2.26. The summed E-state index contributed by atoms with van der Waals surface area (Å²) in [4.78, 5) is 54.9. The maximum atomic E-state index is 13.2. The van der Waals surface area contributed by atoms with Crippen molar-refractivity contribution in [3.05, 3.63) is 94.8 Å². The van der Waals surface area contributed by atoms with E-state index in [1.165, 1.54) is 4.68 Å². The van der Waals surface area contributed by atoms with Crippen molar-refractivity contribution in [1.29, 1.82) is 0 Å². The fourth-order valence-corrected chi connectivity index (χ4v) is 5.21. The Balaban J connectivity index is 0.000000671. The lowest BCUT2D eigenvalue weighted by Gasteiger charge is -2.17. The molecule has 3 N–H and O–H groups in total. The molecule has 1 atom stereocenters. The van der Waals surface area contributed by atoms with Gasteiger partial charge in [-0.15, -0.1) is 0 Å². The molecule has 13 heteroatoms. The average molecular weight is 664 g/mol. The molecular formula is C35H36F3N5O5.